The van der Waals surface area contributed by atoms with E-state index in [4.69, 9.17) is 27.9 Å². The number of amides is 2. The Morgan fingerprint density at radius 2 is 2.06 bits per heavy atom. The lowest BCUT2D eigenvalue weighted by molar-refractivity contribution is -0.121. The number of halogens is 2. The summed E-state index contributed by atoms with van der Waals surface area (Å²) in [6, 6.07) is 12.6. The summed E-state index contributed by atoms with van der Waals surface area (Å²) in [6.45, 7) is 1.87. The van der Waals surface area contributed by atoms with Gasteiger partial charge < -0.3 is 15.4 Å². The second kappa shape index (κ2) is 10.1. The summed E-state index contributed by atoms with van der Waals surface area (Å²) < 4.78 is 5.17. The summed E-state index contributed by atoms with van der Waals surface area (Å²) in [5.74, 6) is -0.440. The lowest BCUT2D eigenvalue weighted by Gasteiger charge is -2.25. The number of nitrogens with zero attached hydrogens (tertiary/aromatic N) is 1. The van der Waals surface area contributed by atoms with Crippen molar-refractivity contribution in [2.45, 2.75) is 19.3 Å². The first kappa shape index (κ1) is 23.0. The highest BCUT2D eigenvalue weighted by molar-refractivity contribution is 8.03. The molecule has 1 heterocycles. The van der Waals surface area contributed by atoms with Crippen molar-refractivity contribution in [1.29, 1.82) is 5.26 Å². The Kier molecular flexibility index (Phi) is 7.50. The van der Waals surface area contributed by atoms with Gasteiger partial charge in [0, 0.05) is 23.0 Å². The molecule has 0 aliphatic carbocycles. The number of ether oxygens (including phenoxy) is 1. The van der Waals surface area contributed by atoms with Crippen molar-refractivity contribution in [2.24, 2.45) is 0 Å². The van der Waals surface area contributed by atoms with Crippen LogP contribution in [0.1, 0.15) is 23.5 Å². The molecule has 6 nitrogen and oxygen atoms in total. The summed E-state index contributed by atoms with van der Waals surface area (Å²) in [5.41, 5.74) is 2.60. The fourth-order valence-electron chi connectivity index (χ4n) is 3.12. The third-order valence-electron chi connectivity index (χ3n) is 4.74. The van der Waals surface area contributed by atoms with E-state index in [1.807, 2.05) is 13.0 Å². The molecule has 0 unspecified atom stereocenters. The molecule has 0 bridgehead atoms. The number of nitrogens with one attached hydrogen (secondary N) is 2. The molecule has 0 fully saturated rings. The second-order valence-corrected chi connectivity index (χ2v) is 8.65. The number of hydrogen-bond acceptors (Lipinski definition) is 5. The molecule has 9 heteroatoms. The zero-order valence-electron chi connectivity index (χ0n) is 16.8. The normalized spacial score (nSPS) is 15.8. The van der Waals surface area contributed by atoms with Gasteiger partial charge in [-0.05, 0) is 42.3 Å². The van der Waals surface area contributed by atoms with Gasteiger partial charge in [-0.15, -0.1) is 0 Å². The Morgan fingerprint density at radius 3 is 2.71 bits per heavy atom. The van der Waals surface area contributed by atoms with Crippen LogP contribution in [0.5, 0.6) is 5.75 Å². The lowest BCUT2D eigenvalue weighted by Crippen LogP contribution is -2.31. The predicted octanol–water partition coefficient (Wildman–Crippen LogP) is 5.02. The van der Waals surface area contributed by atoms with E-state index in [-0.39, 0.29) is 24.0 Å². The molecule has 2 aromatic carbocycles. The Hall–Kier alpha value is -2.66. The average Bonchev–Trinajstić information content (AvgIpc) is 2.74. The SMILES string of the molecule is COc1ccc([C@H]2CC(=O)NC(SCC(=O)Nc3ccc(C)c(Cl)c3)=C2C#N)cc1Cl. The summed E-state index contributed by atoms with van der Waals surface area (Å²) in [4.78, 5) is 24.7. The molecular formula is C22H19Cl2N3O3S. The first-order chi connectivity index (χ1) is 14.8. The molecule has 0 saturated heterocycles. The molecule has 1 atom stereocenters. The first-order valence-electron chi connectivity index (χ1n) is 9.28. The van der Waals surface area contributed by atoms with E-state index in [0.29, 0.717) is 32.1 Å². The Labute approximate surface area is 194 Å². The topological polar surface area (TPSA) is 91.2 Å². The number of thioether (sulfide) groups is 1. The van der Waals surface area contributed by atoms with Gasteiger partial charge in [0.2, 0.25) is 11.8 Å². The maximum atomic E-state index is 12.4. The van der Waals surface area contributed by atoms with E-state index < -0.39 is 5.92 Å². The molecule has 0 radical (unpaired) electrons. The van der Waals surface area contributed by atoms with Gasteiger partial charge in [-0.3, -0.25) is 9.59 Å². The molecule has 0 aromatic heterocycles. The van der Waals surface area contributed by atoms with E-state index in [0.717, 1.165) is 22.9 Å². The number of carbonyl (C=O) groups excluding carboxylic acids is 2. The van der Waals surface area contributed by atoms with Gasteiger partial charge in [-0.25, -0.2) is 0 Å². The van der Waals surface area contributed by atoms with Crippen LogP contribution in [0, 0.1) is 18.3 Å². The van der Waals surface area contributed by atoms with Gasteiger partial charge in [0.25, 0.3) is 0 Å². The number of benzene rings is 2. The fourth-order valence-corrected chi connectivity index (χ4v) is 4.45. The number of carbonyl (C=O) groups is 2. The molecule has 3 rings (SSSR count). The largest absolute Gasteiger partial charge is 0.495 e. The number of nitriles is 1. The molecule has 160 valence electrons. The van der Waals surface area contributed by atoms with Crippen LogP contribution < -0.4 is 15.4 Å². The highest BCUT2D eigenvalue weighted by atomic mass is 35.5. The average molecular weight is 476 g/mol. The summed E-state index contributed by atoms with van der Waals surface area (Å²) in [5, 5.41) is 16.6. The number of allylic oxidation sites excluding steroid dienone is 1. The van der Waals surface area contributed by atoms with Crippen molar-refractivity contribution in [2.75, 3.05) is 18.2 Å². The van der Waals surface area contributed by atoms with Crippen LogP contribution in [0.25, 0.3) is 0 Å². The van der Waals surface area contributed by atoms with E-state index in [2.05, 4.69) is 16.7 Å². The van der Waals surface area contributed by atoms with Gasteiger partial charge in [-0.2, -0.15) is 5.26 Å². The molecular weight excluding hydrogens is 457 g/mol. The van der Waals surface area contributed by atoms with Gasteiger partial charge in [0.15, 0.2) is 0 Å². The van der Waals surface area contributed by atoms with Gasteiger partial charge in [0.05, 0.1) is 34.6 Å². The van der Waals surface area contributed by atoms with E-state index in [9.17, 15) is 14.9 Å². The molecule has 2 N–H and O–H groups in total. The number of hydrogen-bond donors (Lipinski definition) is 2. The maximum absolute atomic E-state index is 12.4. The standard InChI is InChI=1S/C22H19Cl2N3O3S/c1-12-3-5-14(8-17(12)23)26-21(29)11-31-22-16(10-25)15(9-20(28)27-22)13-4-6-19(30-2)18(24)7-13/h3-8,15H,9,11H2,1-2H3,(H,26,29)(H,27,28)/t15-/m1/s1. The Balaban J connectivity index is 1.77. The number of anilines is 1. The van der Waals surface area contributed by atoms with Crippen LogP contribution in [-0.4, -0.2) is 24.7 Å². The predicted molar refractivity (Wildman–Crippen MR) is 123 cm³/mol. The van der Waals surface area contributed by atoms with Gasteiger partial charge >= 0.3 is 0 Å². The molecule has 31 heavy (non-hydrogen) atoms. The minimum absolute atomic E-state index is 0.0162. The lowest BCUT2D eigenvalue weighted by atomic mass is 9.87. The third-order valence-corrected chi connectivity index (χ3v) is 6.46. The van der Waals surface area contributed by atoms with Crippen LogP contribution in [0.3, 0.4) is 0 Å². The van der Waals surface area contributed by atoms with Crippen LogP contribution in [0.15, 0.2) is 47.0 Å². The highest BCUT2D eigenvalue weighted by Gasteiger charge is 2.30. The molecule has 0 saturated carbocycles. The fraction of sp³-hybridized carbons (Fsp3) is 0.227. The molecule has 1 aliphatic heterocycles. The van der Waals surface area contributed by atoms with Crippen LogP contribution in [0.2, 0.25) is 10.0 Å². The van der Waals surface area contributed by atoms with Crippen molar-refractivity contribution in [3.05, 3.63) is 68.2 Å². The maximum Gasteiger partial charge on any atom is 0.234 e. The van der Waals surface area contributed by atoms with Crippen molar-refractivity contribution >= 4 is 52.5 Å². The first-order valence-corrected chi connectivity index (χ1v) is 11.0. The Morgan fingerprint density at radius 1 is 1.29 bits per heavy atom. The molecule has 1 aliphatic rings. The van der Waals surface area contributed by atoms with E-state index in [1.54, 1.807) is 30.3 Å². The van der Waals surface area contributed by atoms with Crippen LogP contribution in [-0.2, 0) is 9.59 Å². The molecule has 2 aromatic rings. The Bertz CT molecular complexity index is 1110. The number of rotatable bonds is 6. The van der Waals surface area contributed by atoms with E-state index in [1.165, 1.54) is 7.11 Å². The quantitative estimate of drug-likeness (QED) is 0.611. The van der Waals surface area contributed by atoms with Crippen molar-refractivity contribution in [3.8, 4) is 11.8 Å². The van der Waals surface area contributed by atoms with E-state index >= 15 is 0 Å². The van der Waals surface area contributed by atoms with Gasteiger partial charge in [0.1, 0.15) is 5.75 Å². The summed E-state index contributed by atoms with van der Waals surface area (Å²) in [6.07, 6.45) is 0.115. The third kappa shape index (κ3) is 5.53. The minimum atomic E-state index is -0.455. The number of aryl methyl sites for hydroxylation is 1. The molecule has 2 amide bonds. The van der Waals surface area contributed by atoms with Crippen LogP contribution >= 0.6 is 35.0 Å². The van der Waals surface area contributed by atoms with Crippen molar-refractivity contribution < 1.29 is 14.3 Å². The van der Waals surface area contributed by atoms with Gasteiger partial charge in [-0.1, -0.05) is 47.1 Å². The summed E-state index contributed by atoms with van der Waals surface area (Å²) >= 11 is 13.4. The zero-order valence-corrected chi connectivity index (χ0v) is 19.1. The smallest absolute Gasteiger partial charge is 0.234 e. The zero-order chi connectivity index (χ0) is 22.5. The number of methoxy groups -OCH3 is 1. The second-order valence-electron chi connectivity index (χ2n) is 6.85. The molecule has 0 spiro atoms. The monoisotopic (exact) mass is 475 g/mol. The van der Waals surface area contributed by atoms with Crippen molar-refractivity contribution in [3.63, 3.8) is 0 Å². The summed E-state index contributed by atoms with van der Waals surface area (Å²) in [7, 11) is 1.51. The van der Waals surface area contributed by atoms with Crippen LogP contribution in [0.4, 0.5) is 5.69 Å². The highest BCUT2D eigenvalue weighted by Crippen LogP contribution is 2.38. The van der Waals surface area contributed by atoms with Crippen molar-refractivity contribution in [1.82, 2.24) is 5.32 Å². The minimum Gasteiger partial charge on any atom is -0.495 e.